The summed E-state index contributed by atoms with van der Waals surface area (Å²) in [5.74, 6) is 0.520. The number of hydrogen-bond acceptors (Lipinski definition) is 5. The summed E-state index contributed by atoms with van der Waals surface area (Å²) in [6.45, 7) is 0. The maximum absolute atomic E-state index is 12.4. The molecule has 0 saturated carbocycles. The summed E-state index contributed by atoms with van der Waals surface area (Å²) in [6.07, 6.45) is 3.54. The van der Waals surface area contributed by atoms with E-state index in [2.05, 4.69) is 21.4 Å². The summed E-state index contributed by atoms with van der Waals surface area (Å²) in [7, 11) is 1.59. The molecule has 0 aliphatic heterocycles. The molecule has 0 aliphatic rings. The van der Waals surface area contributed by atoms with Crippen LogP contribution < -0.4 is 10.1 Å². The summed E-state index contributed by atoms with van der Waals surface area (Å²) in [5.41, 5.74) is 3.61. The van der Waals surface area contributed by atoms with E-state index in [1.165, 1.54) is 11.3 Å². The molecule has 0 atom stereocenters. The van der Waals surface area contributed by atoms with Gasteiger partial charge in [-0.1, -0.05) is 17.4 Å². The van der Waals surface area contributed by atoms with E-state index in [0.29, 0.717) is 16.4 Å². The number of benzene rings is 2. The number of fused-ring (bicyclic) bond motifs is 1. The van der Waals surface area contributed by atoms with Crippen LogP contribution in [-0.4, -0.2) is 23.0 Å². The topological polar surface area (TPSA) is 64.1 Å². The Morgan fingerprint density at radius 2 is 1.77 bits per heavy atom. The maximum Gasteiger partial charge on any atom is 0.257 e. The molecule has 4 aromatic rings. The lowest BCUT2D eigenvalue weighted by Crippen LogP contribution is -2.11. The van der Waals surface area contributed by atoms with Gasteiger partial charge in [-0.25, -0.2) is 4.98 Å². The van der Waals surface area contributed by atoms with Crippen LogP contribution in [0.25, 0.3) is 21.3 Å². The largest absolute Gasteiger partial charge is 0.497 e. The first-order valence-corrected chi connectivity index (χ1v) is 8.81. The van der Waals surface area contributed by atoms with Gasteiger partial charge >= 0.3 is 0 Å². The van der Waals surface area contributed by atoms with Gasteiger partial charge in [0.25, 0.3) is 5.91 Å². The van der Waals surface area contributed by atoms with E-state index in [4.69, 9.17) is 4.74 Å². The summed E-state index contributed by atoms with van der Waals surface area (Å²) in [4.78, 5) is 20.9. The Hall–Kier alpha value is -3.25. The second kappa shape index (κ2) is 6.93. The number of methoxy groups -OCH3 is 1. The normalized spacial score (nSPS) is 10.7. The third-order valence-electron chi connectivity index (χ3n) is 3.97. The highest BCUT2D eigenvalue weighted by Crippen LogP contribution is 2.30. The maximum atomic E-state index is 12.4. The molecule has 0 saturated heterocycles. The third-order valence-corrected chi connectivity index (χ3v) is 4.91. The van der Waals surface area contributed by atoms with Crippen LogP contribution in [-0.2, 0) is 0 Å². The number of anilines is 1. The molecule has 2 aromatic carbocycles. The van der Waals surface area contributed by atoms with Crippen molar-refractivity contribution in [2.24, 2.45) is 0 Å². The van der Waals surface area contributed by atoms with E-state index in [1.807, 2.05) is 24.3 Å². The van der Waals surface area contributed by atoms with E-state index < -0.39 is 0 Å². The van der Waals surface area contributed by atoms with Crippen molar-refractivity contribution in [3.63, 3.8) is 0 Å². The van der Waals surface area contributed by atoms with Crippen LogP contribution in [0.4, 0.5) is 5.13 Å². The second-order valence-electron chi connectivity index (χ2n) is 5.62. The van der Waals surface area contributed by atoms with Crippen molar-refractivity contribution in [2.45, 2.75) is 0 Å². The first-order valence-electron chi connectivity index (χ1n) is 7.99. The van der Waals surface area contributed by atoms with Crippen molar-refractivity contribution in [1.29, 1.82) is 0 Å². The molecular weight excluding hydrogens is 346 g/mol. The molecule has 128 valence electrons. The van der Waals surface area contributed by atoms with Crippen molar-refractivity contribution in [1.82, 2.24) is 9.97 Å². The molecule has 0 radical (unpaired) electrons. The van der Waals surface area contributed by atoms with E-state index in [-0.39, 0.29) is 5.91 Å². The average Bonchev–Trinajstić information content (AvgIpc) is 3.10. The molecule has 1 amide bonds. The number of aromatic nitrogens is 2. The number of hydrogen-bond donors (Lipinski definition) is 1. The van der Waals surface area contributed by atoms with E-state index >= 15 is 0 Å². The molecule has 0 spiro atoms. The van der Waals surface area contributed by atoms with Gasteiger partial charge in [0.05, 0.1) is 17.3 Å². The zero-order valence-electron chi connectivity index (χ0n) is 14.0. The predicted molar refractivity (Wildman–Crippen MR) is 104 cm³/mol. The Morgan fingerprint density at radius 1 is 1.00 bits per heavy atom. The highest BCUT2D eigenvalue weighted by atomic mass is 32.1. The highest BCUT2D eigenvalue weighted by Gasteiger charge is 2.11. The van der Waals surface area contributed by atoms with Crippen LogP contribution >= 0.6 is 11.3 Å². The molecular formula is C20H15N3O2S. The number of rotatable bonds is 4. The molecule has 2 heterocycles. The summed E-state index contributed by atoms with van der Waals surface area (Å²) in [6, 6.07) is 17.0. The summed E-state index contributed by atoms with van der Waals surface area (Å²) in [5, 5.41) is 3.44. The number of pyridine rings is 1. The molecule has 2 aromatic heterocycles. The molecule has 0 unspecified atom stereocenters. The second-order valence-corrected chi connectivity index (χ2v) is 6.65. The zero-order chi connectivity index (χ0) is 17.9. The Morgan fingerprint density at radius 3 is 2.50 bits per heavy atom. The summed E-state index contributed by atoms with van der Waals surface area (Å²) >= 11 is 1.45. The quantitative estimate of drug-likeness (QED) is 0.576. The molecule has 0 fully saturated rings. The number of carbonyl (C=O) groups excluding carboxylic acids is 1. The first-order chi connectivity index (χ1) is 12.7. The smallest absolute Gasteiger partial charge is 0.257 e. The van der Waals surface area contributed by atoms with Gasteiger partial charge in [0.1, 0.15) is 5.75 Å². The van der Waals surface area contributed by atoms with Gasteiger partial charge in [-0.3, -0.25) is 15.1 Å². The lowest BCUT2D eigenvalue weighted by molar-refractivity contribution is 0.102. The molecule has 6 heteroatoms. The van der Waals surface area contributed by atoms with Gasteiger partial charge in [-0.15, -0.1) is 0 Å². The van der Waals surface area contributed by atoms with Gasteiger partial charge < -0.3 is 4.74 Å². The predicted octanol–water partition coefficient (Wildman–Crippen LogP) is 4.62. The Bertz CT molecular complexity index is 1060. The van der Waals surface area contributed by atoms with Crippen LogP contribution in [0, 0.1) is 0 Å². The van der Waals surface area contributed by atoms with Crippen LogP contribution in [0.15, 0.2) is 67.0 Å². The van der Waals surface area contributed by atoms with Crippen molar-refractivity contribution in [2.75, 3.05) is 12.4 Å². The number of thiazole rings is 1. The van der Waals surface area contributed by atoms with Gasteiger partial charge in [0, 0.05) is 18.0 Å². The fraction of sp³-hybridized carbons (Fsp3) is 0.0500. The van der Waals surface area contributed by atoms with Gasteiger partial charge in [0.2, 0.25) is 0 Å². The minimum absolute atomic E-state index is 0.193. The first kappa shape index (κ1) is 16.2. The van der Waals surface area contributed by atoms with E-state index in [9.17, 15) is 4.79 Å². The lowest BCUT2D eigenvalue weighted by atomic mass is 10.1. The molecule has 0 aliphatic carbocycles. The molecule has 0 bridgehead atoms. The van der Waals surface area contributed by atoms with Gasteiger partial charge in [0.15, 0.2) is 5.13 Å². The van der Waals surface area contributed by atoms with Gasteiger partial charge in [-0.05, 0) is 59.7 Å². The molecule has 1 N–H and O–H groups in total. The van der Waals surface area contributed by atoms with E-state index in [0.717, 1.165) is 21.3 Å². The van der Waals surface area contributed by atoms with Gasteiger partial charge in [-0.2, -0.15) is 0 Å². The number of ether oxygens (including phenoxy) is 1. The van der Waals surface area contributed by atoms with Crippen molar-refractivity contribution >= 4 is 32.6 Å². The molecule has 4 rings (SSSR count). The highest BCUT2D eigenvalue weighted by molar-refractivity contribution is 7.22. The summed E-state index contributed by atoms with van der Waals surface area (Å²) < 4.78 is 6.13. The Balaban J connectivity index is 1.58. The lowest BCUT2D eigenvalue weighted by Gasteiger charge is -2.03. The number of nitrogens with zero attached hydrogens (tertiary/aromatic N) is 2. The number of nitrogens with one attached hydrogen (secondary N) is 1. The molecule has 26 heavy (non-hydrogen) atoms. The van der Waals surface area contributed by atoms with Crippen LogP contribution in [0.3, 0.4) is 0 Å². The van der Waals surface area contributed by atoms with Crippen molar-refractivity contribution < 1.29 is 9.53 Å². The fourth-order valence-electron chi connectivity index (χ4n) is 2.61. The van der Waals surface area contributed by atoms with Crippen LogP contribution in [0.2, 0.25) is 0 Å². The SMILES string of the molecule is COc1ccc(C(=O)Nc2nc3ccc(-c4ccncc4)cc3s2)cc1. The minimum atomic E-state index is -0.193. The van der Waals surface area contributed by atoms with Crippen LogP contribution in [0.1, 0.15) is 10.4 Å². The zero-order valence-corrected chi connectivity index (χ0v) is 14.8. The number of carbonyl (C=O) groups is 1. The fourth-order valence-corrected chi connectivity index (χ4v) is 3.51. The molecule has 5 nitrogen and oxygen atoms in total. The Kier molecular flexibility index (Phi) is 4.33. The third kappa shape index (κ3) is 3.27. The average molecular weight is 361 g/mol. The monoisotopic (exact) mass is 361 g/mol. The van der Waals surface area contributed by atoms with Crippen molar-refractivity contribution in [3.8, 4) is 16.9 Å². The van der Waals surface area contributed by atoms with E-state index in [1.54, 1.807) is 43.8 Å². The minimum Gasteiger partial charge on any atom is -0.497 e. The number of amides is 1. The van der Waals surface area contributed by atoms with Crippen LogP contribution in [0.5, 0.6) is 5.75 Å². The van der Waals surface area contributed by atoms with Crippen molar-refractivity contribution in [3.05, 3.63) is 72.6 Å². The Labute approximate surface area is 154 Å². The standard InChI is InChI=1S/C20H15N3O2S/c1-25-16-5-2-14(3-6-16)19(24)23-20-22-17-7-4-15(12-18(17)26-20)13-8-10-21-11-9-13/h2-12H,1H3,(H,22,23,24).